The topological polar surface area (TPSA) is 119 Å². The lowest BCUT2D eigenvalue weighted by molar-refractivity contribution is -0.150. The molecule has 2 aromatic rings. The van der Waals surface area contributed by atoms with Crippen molar-refractivity contribution in [2.24, 2.45) is 0 Å². The van der Waals surface area contributed by atoms with Gasteiger partial charge in [-0.15, -0.1) is 0 Å². The zero-order valence-corrected chi connectivity index (χ0v) is 16.2. The number of rotatable bonds is 6. The van der Waals surface area contributed by atoms with E-state index in [-0.39, 0.29) is 22.4 Å². The van der Waals surface area contributed by atoms with Gasteiger partial charge in [0, 0.05) is 0 Å². The minimum Gasteiger partial charge on any atom is -0.465 e. The van der Waals surface area contributed by atoms with Gasteiger partial charge in [0.15, 0.2) is 6.61 Å². The van der Waals surface area contributed by atoms with Crippen LogP contribution in [0.4, 0.5) is 5.69 Å². The zero-order valence-electron chi connectivity index (χ0n) is 16.2. The van der Waals surface area contributed by atoms with E-state index in [0.29, 0.717) is 0 Å². The summed E-state index contributed by atoms with van der Waals surface area (Å²) in [5.41, 5.74) is 0.747. The molecule has 2 aromatic carbocycles. The molecule has 9 heteroatoms. The Kier molecular flexibility index (Phi) is 5.91. The lowest BCUT2D eigenvalue weighted by Gasteiger charge is -2.20. The molecule has 3 rings (SSSR count). The number of benzene rings is 2. The molecule has 0 saturated carbocycles. The first-order valence-electron chi connectivity index (χ1n) is 8.96. The van der Waals surface area contributed by atoms with Gasteiger partial charge >= 0.3 is 11.9 Å². The maximum atomic E-state index is 12.4. The molecule has 1 atom stereocenters. The molecule has 0 aliphatic carbocycles. The molecule has 0 unspecified atom stereocenters. The molecule has 0 saturated heterocycles. The molecule has 0 bridgehead atoms. The fourth-order valence-corrected chi connectivity index (χ4v) is 2.99. The third kappa shape index (κ3) is 3.90. The van der Waals surface area contributed by atoms with E-state index in [1.165, 1.54) is 38.3 Å². The largest absolute Gasteiger partial charge is 0.465 e. The molecule has 1 aliphatic rings. The minimum atomic E-state index is -1.22. The normalized spacial score (nSPS) is 13.5. The number of nitrogens with one attached hydrogen (secondary N) is 1. The number of amides is 3. The summed E-state index contributed by atoms with van der Waals surface area (Å²) in [6, 6.07) is 11.2. The van der Waals surface area contributed by atoms with Crippen LogP contribution in [0.25, 0.3) is 0 Å². The van der Waals surface area contributed by atoms with E-state index in [2.05, 4.69) is 10.1 Å². The number of hydrogen-bond donors (Lipinski definition) is 1. The second-order valence-corrected chi connectivity index (χ2v) is 6.39. The first-order valence-corrected chi connectivity index (χ1v) is 8.96. The van der Waals surface area contributed by atoms with Gasteiger partial charge in [-0.25, -0.2) is 9.59 Å². The predicted octanol–water partition coefficient (Wildman–Crippen LogP) is 1.64. The summed E-state index contributed by atoms with van der Waals surface area (Å²) in [6.07, 6.45) is 0. The molecule has 1 heterocycles. The minimum absolute atomic E-state index is 0.138. The van der Waals surface area contributed by atoms with E-state index in [9.17, 15) is 24.0 Å². The Morgan fingerprint density at radius 3 is 2.13 bits per heavy atom. The van der Waals surface area contributed by atoms with Gasteiger partial charge in [0.2, 0.25) is 0 Å². The van der Waals surface area contributed by atoms with Crippen LogP contribution < -0.4 is 5.32 Å². The van der Waals surface area contributed by atoms with Gasteiger partial charge in [-0.2, -0.15) is 0 Å². The standard InChI is InChI=1S/C21H18N2O7/c1-12(23-18(25)13-7-3-4-8-14(13)19(23)26)20(27)30-11-17(24)22-16-10-6-5-9-15(16)21(28)29-2/h3-10,12H,11H2,1-2H3,(H,22,24)/t12-/m1/s1. The van der Waals surface area contributed by atoms with Crippen molar-refractivity contribution in [3.8, 4) is 0 Å². The van der Waals surface area contributed by atoms with Gasteiger partial charge in [-0.3, -0.25) is 19.3 Å². The van der Waals surface area contributed by atoms with Crippen LogP contribution in [0.1, 0.15) is 38.0 Å². The van der Waals surface area contributed by atoms with Crippen LogP contribution in [0.3, 0.4) is 0 Å². The van der Waals surface area contributed by atoms with Gasteiger partial charge in [0.25, 0.3) is 17.7 Å². The first-order chi connectivity index (χ1) is 14.3. The Labute approximate surface area is 171 Å². The summed E-state index contributed by atoms with van der Waals surface area (Å²) in [7, 11) is 1.21. The Bertz CT molecular complexity index is 1010. The van der Waals surface area contributed by atoms with Crippen molar-refractivity contribution in [3.63, 3.8) is 0 Å². The molecule has 0 radical (unpaired) electrons. The van der Waals surface area contributed by atoms with Crippen molar-refractivity contribution < 1.29 is 33.4 Å². The van der Waals surface area contributed by atoms with Crippen LogP contribution >= 0.6 is 0 Å². The van der Waals surface area contributed by atoms with Crippen LogP contribution in [-0.2, 0) is 19.1 Å². The van der Waals surface area contributed by atoms with Gasteiger partial charge in [-0.1, -0.05) is 24.3 Å². The van der Waals surface area contributed by atoms with Gasteiger partial charge in [-0.05, 0) is 31.2 Å². The molecular weight excluding hydrogens is 392 g/mol. The molecule has 0 fully saturated rings. The zero-order chi connectivity index (χ0) is 21.8. The molecule has 1 N–H and O–H groups in total. The molecule has 9 nitrogen and oxygen atoms in total. The number of carbonyl (C=O) groups is 5. The number of anilines is 1. The smallest absolute Gasteiger partial charge is 0.339 e. The predicted molar refractivity (Wildman–Crippen MR) is 104 cm³/mol. The van der Waals surface area contributed by atoms with Gasteiger partial charge < -0.3 is 14.8 Å². The summed E-state index contributed by atoms with van der Waals surface area (Å²) in [6.45, 7) is 0.677. The highest BCUT2D eigenvalue weighted by Gasteiger charge is 2.41. The van der Waals surface area contributed by atoms with E-state index in [1.807, 2.05) is 0 Å². The van der Waals surface area contributed by atoms with E-state index >= 15 is 0 Å². The van der Waals surface area contributed by atoms with Crippen molar-refractivity contribution in [1.82, 2.24) is 4.90 Å². The van der Waals surface area contributed by atoms with E-state index in [0.717, 1.165) is 4.90 Å². The third-order valence-electron chi connectivity index (χ3n) is 4.51. The number of nitrogens with zero attached hydrogens (tertiary/aromatic N) is 1. The van der Waals surface area contributed by atoms with E-state index in [1.54, 1.807) is 24.3 Å². The van der Waals surface area contributed by atoms with Crippen LogP contribution in [0.5, 0.6) is 0 Å². The summed E-state index contributed by atoms with van der Waals surface area (Å²) < 4.78 is 9.61. The highest BCUT2D eigenvalue weighted by atomic mass is 16.5. The average Bonchev–Trinajstić information content (AvgIpc) is 3.01. The monoisotopic (exact) mass is 410 g/mol. The molecule has 0 aromatic heterocycles. The van der Waals surface area contributed by atoms with Gasteiger partial charge in [0.05, 0.1) is 29.5 Å². The summed E-state index contributed by atoms with van der Waals surface area (Å²) >= 11 is 0. The van der Waals surface area contributed by atoms with Gasteiger partial charge in [0.1, 0.15) is 6.04 Å². The Morgan fingerprint density at radius 1 is 0.967 bits per heavy atom. The van der Waals surface area contributed by atoms with Crippen molar-refractivity contribution in [2.45, 2.75) is 13.0 Å². The Balaban J connectivity index is 1.61. The van der Waals surface area contributed by atoms with Crippen molar-refractivity contribution >= 4 is 35.3 Å². The first kappa shape index (κ1) is 20.7. The molecule has 30 heavy (non-hydrogen) atoms. The van der Waals surface area contributed by atoms with Crippen molar-refractivity contribution in [1.29, 1.82) is 0 Å². The number of methoxy groups -OCH3 is 1. The van der Waals surface area contributed by atoms with Crippen molar-refractivity contribution in [2.75, 3.05) is 19.0 Å². The van der Waals surface area contributed by atoms with Crippen molar-refractivity contribution in [3.05, 3.63) is 65.2 Å². The summed E-state index contributed by atoms with van der Waals surface area (Å²) in [5.74, 6) is -3.45. The summed E-state index contributed by atoms with van der Waals surface area (Å²) in [5, 5.41) is 2.46. The molecule has 154 valence electrons. The molecule has 1 aliphatic heterocycles. The number of carbonyl (C=O) groups excluding carboxylic acids is 5. The maximum Gasteiger partial charge on any atom is 0.339 e. The fraction of sp³-hybridized carbons (Fsp3) is 0.190. The second kappa shape index (κ2) is 8.56. The second-order valence-electron chi connectivity index (χ2n) is 6.39. The number of hydrogen-bond acceptors (Lipinski definition) is 7. The molecule has 3 amide bonds. The maximum absolute atomic E-state index is 12.4. The van der Waals surface area contributed by atoms with E-state index in [4.69, 9.17) is 4.74 Å². The fourth-order valence-electron chi connectivity index (χ4n) is 2.99. The number of para-hydroxylation sites is 1. The number of fused-ring (bicyclic) bond motifs is 1. The Hall–Kier alpha value is -4.01. The quantitative estimate of drug-likeness (QED) is 0.568. The molecular formula is C21H18N2O7. The SMILES string of the molecule is COC(=O)c1ccccc1NC(=O)COC(=O)[C@@H](C)N1C(=O)c2ccccc2C1=O. The van der Waals surface area contributed by atoms with E-state index < -0.39 is 42.3 Å². The van der Waals surface area contributed by atoms with Crippen LogP contribution in [0.2, 0.25) is 0 Å². The Morgan fingerprint density at radius 2 is 1.53 bits per heavy atom. The number of imide groups is 1. The van der Waals surface area contributed by atoms with Crippen LogP contribution in [0.15, 0.2) is 48.5 Å². The summed E-state index contributed by atoms with van der Waals surface area (Å²) in [4.78, 5) is 61.9. The highest BCUT2D eigenvalue weighted by Crippen LogP contribution is 2.24. The number of ether oxygens (including phenoxy) is 2. The average molecular weight is 410 g/mol. The van der Waals surface area contributed by atoms with Crippen LogP contribution in [-0.4, -0.2) is 54.3 Å². The third-order valence-corrected chi connectivity index (χ3v) is 4.51. The lowest BCUT2D eigenvalue weighted by Crippen LogP contribution is -2.44. The lowest BCUT2D eigenvalue weighted by atomic mass is 10.1. The highest BCUT2D eigenvalue weighted by molar-refractivity contribution is 6.22. The molecule has 0 spiro atoms. The number of esters is 2. The van der Waals surface area contributed by atoms with Crippen LogP contribution in [0, 0.1) is 0 Å².